The van der Waals surface area contributed by atoms with Crippen LogP contribution >= 0.6 is 0 Å². The van der Waals surface area contributed by atoms with E-state index in [9.17, 15) is 9.90 Å². The van der Waals surface area contributed by atoms with Crippen molar-refractivity contribution in [3.05, 3.63) is 53.6 Å². The molecule has 1 atom stereocenters. The van der Waals surface area contributed by atoms with Crippen molar-refractivity contribution in [2.75, 3.05) is 10.6 Å². The number of hydrogen-bond acceptors (Lipinski definition) is 3. The lowest BCUT2D eigenvalue weighted by molar-refractivity contribution is -0.116. The fraction of sp³-hybridized carbons (Fsp3) is 0.188. The molecule has 0 spiro atoms. The number of amides is 1. The Labute approximate surface area is 117 Å². The van der Waals surface area contributed by atoms with Gasteiger partial charge in [0.05, 0.1) is 0 Å². The molecule has 1 heterocycles. The molecule has 0 fully saturated rings. The Kier molecular flexibility index (Phi) is 3.06. The number of carbonyl (C=O) groups is 1. The molecule has 2 aromatic rings. The fourth-order valence-corrected chi connectivity index (χ4v) is 2.46. The zero-order valence-corrected chi connectivity index (χ0v) is 11.2. The quantitative estimate of drug-likeness (QED) is 0.734. The summed E-state index contributed by atoms with van der Waals surface area (Å²) < 4.78 is 0. The minimum Gasteiger partial charge on any atom is -0.508 e. The van der Waals surface area contributed by atoms with Gasteiger partial charge < -0.3 is 15.7 Å². The summed E-state index contributed by atoms with van der Waals surface area (Å²) in [7, 11) is 0. The molecule has 0 aromatic heterocycles. The van der Waals surface area contributed by atoms with Crippen molar-refractivity contribution < 1.29 is 9.90 Å². The Morgan fingerprint density at radius 1 is 1.30 bits per heavy atom. The summed E-state index contributed by atoms with van der Waals surface area (Å²) in [5.41, 5.74) is 3.75. The summed E-state index contributed by atoms with van der Waals surface area (Å²) in [4.78, 5) is 12.3. The van der Waals surface area contributed by atoms with Crippen LogP contribution in [0.2, 0.25) is 0 Å². The first-order valence-electron chi connectivity index (χ1n) is 6.58. The molecular weight excluding hydrogens is 252 g/mol. The van der Waals surface area contributed by atoms with E-state index >= 15 is 0 Å². The molecular formula is C16H16N2O2. The largest absolute Gasteiger partial charge is 0.508 e. The van der Waals surface area contributed by atoms with Gasteiger partial charge in [-0.15, -0.1) is 0 Å². The SMILES string of the molecule is Cc1cc(O)ccc1NC(=O)C1Cc2ccccc2N1. The van der Waals surface area contributed by atoms with E-state index < -0.39 is 0 Å². The van der Waals surface area contributed by atoms with Gasteiger partial charge >= 0.3 is 0 Å². The summed E-state index contributed by atoms with van der Waals surface area (Å²) >= 11 is 0. The number of fused-ring (bicyclic) bond motifs is 1. The van der Waals surface area contributed by atoms with E-state index in [4.69, 9.17) is 0 Å². The molecule has 2 aromatic carbocycles. The maximum absolute atomic E-state index is 12.3. The van der Waals surface area contributed by atoms with E-state index in [0.29, 0.717) is 6.42 Å². The standard InChI is InChI=1S/C16H16N2O2/c1-10-8-12(19)6-7-13(10)18-16(20)15-9-11-4-2-3-5-14(11)17-15/h2-8,15,17,19H,9H2,1H3,(H,18,20). The van der Waals surface area contributed by atoms with Crippen LogP contribution in [0.4, 0.5) is 11.4 Å². The molecule has 1 amide bonds. The highest BCUT2D eigenvalue weighted by Gasteiger charge is 2.26. The first-order chi connectivity index (χ1) is 9.63. The summed E-state index contributed by atoms with van der Waals surface area (Å²) in [6, 6.07) is 12.6. The normalized spacial score (nSPS) is 16.4. The molecule has 0 saturated carbocycles. The van der Waals surface area contributed by atoms with E-state index in [0.717, 1.165) is 22.5 Å². The van der Waals surface area contributed by atoms with Gasteiger partial charge in [0.2, 0.25) is 5.91 Å². The number of para-hydroxylation sites is 1. The van der Waals surface area contributed by atoms with Crippen molar-refractivity contribution in [2.24, 2.45) is 0 Å². The minimum absolute atomic E-state index is 0.0602. The van der Waals surface area contributed by atoms with Crippen LogP contribution in [0.1, 0.15) is 11.1 Å². The predicted molar refractivity (Wildman–Crippen MR) is 79.0 cm³/mol. The number of rotatable bonds is 2. The summed E-state index contributed by atoms with van der Waals surface area (Å²) in [5.74, 6) is 0.141. The lowest BCUT2D eigenvalue weighted by atomic mass is 10.1. The first kappa shape index (κ1) is 12.5. The third-order valence-electron chi connectivity index (χ3n) is 3.56. The van der Waals surface area contributed by atoms with E-state index in [1.165, 1.54) is 0 Å². The molecule has 1 aliphatic heterocycles. The molecule has 0 aliphatic carbocycles. The number of anilines is 2. The number of phenolic OH excluding ortho intramolecular Hbond substituents is 1. The van der Waals surface area contributed by atoms with E-state index in [2.05, 4.69) is 10.6 Å². The van der Waals surface area contributed by atoms with Crippen LogP contribution in [0, 0.1) is 6.92 Å². The lowest BCUT2D eigenvalue weighted by Gasteiger charge is -2.13. The molecule has 4 heteroatoms. The Hall–Kier alpha value is -2.49. The second-order valence-corrected chi connectivity index (χ2v) is 5.05. The maximum Gasteiger partial charge on any atom is 0.247 e. The molecule has 102 valence electrons. The number of benzene rings is 2. The van der Waals surface area contributed by atoms with E-state index in [1.54, 1.807) is 18.2 Å². The number of aromatic hydroxyl groups is 1. The van der Waals surface area contributed by atoms with Crippen LogP contribution < -0.4 is 10.6 Å². The molecule has 0 saturated heterocycles. The molecule has 1 unspecified atom stereocenters. The van der Waals surface area contributed by atoms with Crippen molar-refractivity contribution in [3.8, 4) is 5.75 Å². The van der Waals surface area contributed by atoms with Crippen molar-refractivity contribution >= 4 is 17.3 Å². The van der Waals surface area contributed by atoms with Crippen molar-refractivity contribution in [3.63, 3.8) is 0 Å². The molecule has 3 rings (SSSR count). The number of aryl methyl sites for hydroxylation is 1. The Morgan fingerprint density at radius 2 is 2.10 bits per heavy atom. The summed E-state index contributed by atoms with van der Waals surface area (Å²) in [5, 5.41) is 15.5. The van der Waals surface area contributed by atoms with Crippen molar-refractivity contribution in [2.45, 2.75) is 19.4 Å². The Morgan fingerprint density at radius 3 is 2.85 bits per heavy atom. The van der Waals surface area contributed by atoms with Gasteiger partial charge in [0.25, 0.3) is 0 Å². The first-order valence-corrected chi connectivity index (χ1v) is 6.58. The number of nitrogens with one attached hydrogen (secondary N) is 2. The molecule has 4 nitrogen and oxygen atoms in total. The van der Waals surface area contributed by atoms with Crippen LogP contribution in [0.15, 0.2) is 42.5 Å². The van der Waals surface area contributed by atoms with E-state index in [1.807, 2.05) is 31.2 Å². The Balaban J connectivity index is 1.72. The third-order valence-corrected chi connectivity index (χ3v) is 3.56. The van der Waals surface area contributed by atoms with Gasteiger partial charge in [-0.05, 0) is 42.3 Å². The molecule has 20 heavy (non-hydrogen) atoms. The average Bonchev–Trinajstić information content (AvgIpc) is 2.86. The highest BCUT2D eigenvalue weighted by molar-refractivity contribution is 5.98. The smallest absolute Gasteiger partial charge is 0.247 e. The number of carbonyl (C=O) groups excluding carboxylic acids is 1. The second-order valence-electron chi connectivity index (χ2n) is 5.05. The molecule has 1 aliphatic rings. The Bertz CT molecular complexity index is 642. The van der Waals surface area contributed by atoms with E-state index in [-0.39, 0.29) is 17.7 Å². The van der Waals surface area contributed by atoms with Gasteiger partial charge in [-0.1, -0.05) is 18.2 Å². The molecule has 0 bridgehead atoms. The van der Waals surface area contributed by atoms with Gasteiger partial charge in [-0.2, -0.15) is 0 Å². The summed E-state index contributed by atoms with van der Waals surface area (Å²) in [6.45, 7) is 1.85. The highest BCUT2D eigenvalue weighted by Crippen LogP contribution is 2.26. The zero-order valence-electron chi connectivity index (χ0n) is 11.2. The fourth-order valence-electron chi connectivity index (χ4n) is 2.46. The third kappa shape index (κ3) is 2.32. The van der Waals surface area contributed by atoms with Gasteiger partial charge in [0.15, 0.2) is 0 Å². The number of phenols is 1. The minimum atomic E-state index is -0.249. The lowest BCUT2D eigenvalue weighted by Crippen LogP contribution is -2.32. The van der Waals surface area contributed by atoms with Gasteiger partial charge in [-0.25, -0.2) is 0 Å². The summed E-state index contributed by atoms with van der Waals surface area (Å²) in [6.07, 6.45) is 0.694. The highest BCUT2D eigenvalue weighted by atomic mass is 16.3. The predicted octanol–water partition coefficient (Wildman–Crippen LogP) is 2.68. The van der Waals surface area contributed by atoms with Crippen LogP contribution in [-0.2, 0) is 11.2 Å². The van der Waals surface area contributed by atoms with Crippen LogP contribution in [0.3, 0.4) is 0 Å². The average molecular weight is 268 g/mol. The zero-order chi connectivity index (χ0) is 14.1. The van der Waals surface area contributed by atoms with Gasteiger partial charge in [-0.3, -0.25) is 4.79 Å². The van der Waals surface area contributed by atoms with Gasteiger partial charge in [0.1, 0.15) is 11.8 Å². The molecule has 0 radical (unpaired) electrons. The van der Waals surface area contributed by atoms with Gasteiger partial charge in [0, 0.05) is 17.8 Å². The topological polar surface area (TPSA) is 61.4 Å². The number of hydrogen-bond donors (Lipinski definition) is 3. The van der Waals surface area contributed by atoms with Crippen LogP contribution in [0.25, 0.3) is 0 Å². The maximum atomic E-state index is 12.3. The van der Waals surface area contributed by atoms with Crippen molar-refractivity contribution in [1.82, 2.24) is 0 Å². The van der Waals surface area contributed by atoms with Crippen LogP contribution in [-0.4, -0.2) is 17.1 Å². The monoisotopic (exact) mass is 268 g/mol. The molecule has 3 N–H and O–H groups in total. The van der Waals surface area contributed by atoms with Crippen molar-refractivity contribution in [1.29, 1.82) is 0 Å². The second kappa shape index (κ2) is 4.89. The van der Waals surface area contributed by atoms with Crippen LogP contribution in [0.5, 0.6) is 5.75 Å².